The Balaban J connectivity index is 1.36. The topological polar surface area (TPSA) is 99.2 Å². The van der Waals surface area contributed by atoms with Crippen molar-refractivity contribution in [1.29, 1.82) is 0 Å². The van der Waals surface area contributed by atoms with Gasteiger partial charge in [-0.15, -0.1) is 10.2 Å². The number of rotatable bonds is 3. The van der Waals surface area contributed by atoms with Crippen LogP contribution in [0.4, 0.5) is 0 Å². The lowest BCUT2D eigenvalue weighted by Crippen LogP contribution is -2.53. The number of hydrogen-bond donors (Lipinski definition) is 2. The molecule has 2 aromatic heterocycles. The Hall–Kier alpha value is -2.68. The second kappa shape index (κ2) is 6.49. The molecule has 2 amide bonds. The molecule has 2 aromatic rings. The summed E-state index contributed by atoms with van der Waals surface area (Å²) >= 11 is 0. The van der Waals surface area contributed by atoms with E-state index in [9.17, 15) is 9.59 Å². The maximum atomic E-state index is 12.7. The van der Waals surface area contributed by atoms with Crippen LogP contribution in [0.3, 0.4) is 0 Å². The summed E-state index contributed by atoms with van der Waals surface area (Å²) in [5, 5.41) is 11.6. The van der Waals surface area contributed by atoms with Crippen molar-refractivity contribution in [1.82, 2.24) is 34.9 Å². The highest BCUT2D eigenvalue weighted by Crippen LogP contribution is 2.29. The van der Waals surface area contributed by atoms with E-state index in [0.29, 0.717) is 31.0 Å². The molecule has 1 unspecified atom stereocenters. The zero-order valence-electron chi connectivity index (χ0n) is 15.1. The molecule has 0 spiro atoms. The number of fused-ring (bicyclic) bond motifs is 3. The first-order chi connectivity index (χ1) is 13.2. The number of amides is 2. The predicted octanol–water partition coefficient (Wildman–Crippen LogP) is 0.401. The molecule has 0 aromatic carbocycles. The smallest absolute Gasteiger partial charge is 0.289 e. The maximum Gasteiger partial charge on any atom is 0.289 e. The lowest BCUT2D eigenvalue weighted by atomic mass is 9.93. The summed E-state index contributed by atoms with van der Waals surface area (Å²) in [5.74, 6) is 1.07. The first kappa shape index (κ1) is 16.5. The van der Waals surface area contributed by atoms with E-state index in [0.717, 1.165) is 31.8 Å². The minimum Gasteiger partial charge on any atom is -0.367 e. The van der Waals surface area contributed by atoms with E-state index in [1.807, 2.05) is 9.47 Å². The van der Waals surface area contributed by atoms with Crippen molar-refractivity contribution in [3.05, 3.63) is 35.7 Å². The molecule has 2 N–H and O–H groups in total. The molecule has 142 valence electrons. The highest BCUT2D eigenvalue weighted by Gasteiger charge is 2.38. The van der Waals surface area contributed by atoms with Crippen molar-refractivity contribution in [3.8, 4) is 0 Å². The Labute approximate surface area is 156 Å². The van der Waals surface area contributed by atoms with Crippen molar-refractivity contribution >= 4 is 11.8 Å². The third-order valence-electron chi connectivity index (χ3n) is 5.96. The van der Waals surface area contributed by atoms with E-state index < -0.39 is 0 Å². The molecule has 2 fully saturated rings. The van der Waals surface area contributed by atoms with E-state index in [-0.39, 0.29) is 23.9 Å². The van der Waals surface area contributed by atoms with Gasteiger partial charge < -0.3 is 19.8 Å². The van der Waals surface area contributed by atoms with E-state index in [1.165, 1.54) is 6.42 Å². The van der Waals surface area contributed by atoms with Crippen LogP contribution in [0.15, 0.2) is 18.5 Å². The van der Waals surface area contributed by atoms with E-state index in [4.69, 9.17) is 0 Å². The summed E-state index contributed by atoms with van der Waals surface area (Å²) in [4.78, 5) is 32.4. The zero-order chi connectivity index (χ0) is 18.4. The number of nitrogens with zero attached hydrogens (tertiary/aromatic N) is 5. The molecule has 2 aliphatic heterocycles. The number of H-pyrrole nitrogens is 1. The van der Waals surface area contributed by atoms with Gasteiger partial charge in [0.15, 0.2) is 5.82 Å². The number of carbonyl (C=O) groups excluding carboxylic acids is 2. The minimum atomic E-state index is -0.136. The molecular weight excluding hydrogens is 346 g/mol. The monoisotopic (exact) mass is 369 g/mol. The molecule has 0 bridgehead atoms. The molecule has 5 rings (SSSR count). The molecule has 9 heteroatoms. The summed E-state index contributed by atoms with van der Waals surface area (Å²) in [6, 6.07) is 2.05. The molecule has 4 heterocycles. The summed E-state index contributed by atoms with van der Waals surface area (Å²) in [5.41, 5.74) is 0.668. The Morgan fingerprint density at radius 1 is 1.15 bits per heavy atom. The second-order valence-corrected chi connectivity index (χ2v) is 7.54. The fourth-order valence-electron chi connectivity index (χ4n) is 4.14. The van der Waals surface area contributed by atoms with Gasteiger partial charge in [-0.25, -0.2) is 0 Å². The van der Waals surface area contributed by atoms with Crippen molar-refractivity contribution in [2.75, 3.05) is 26.2 Å². The van der Waals surface area contributed by atoms with Gasteiger partial charge in [-0.2, -0.15) is 0 Å². The maximum absolute atomic E-state index is 12.7. The highest BCUT2D eigenvalue weighted by atomic mass is 16.2. The van der Waals surface area contributed by atoms with Crippen molar-refractivity contribution < 1.29 is 9.59 Å². The van der Waals surface area contributed by atoms with Gasteiger partial charge in [0, 0.05) is 51.2 Å². The van der Waals surface area contributed by atoms with Gasteiger partial charge in [0.1, 0.15) is 0 Å². The van der Waals surface area contributed by atoms with Crippen LogP contribution >= 0.6 is 0 Å². The van der Waals surface area contributed by atoms with Crippen molar-refractivity contribution in [3.63, 3.8) is 0 Å². The molecule has 1 saturated carbocycles. The van der Waals surface area contributed by atoms with Crippen LogP contribution in [-0.2, 0) is 6.54 Å². The third-order valence-corrected chi connectivity index (χ3v) is 5.96. The van der Waals surface area contributed by atoms with Gasteiger partial charge in [-0.3, -0.25) is 14.5 Å². The number of hydrogen-bond acceptors (Lipinski definition) is 5. The molecule has 1 saturated heterocycles. The Kier molecular flexibility index (Phi) is 3.96. The largest absolute Gasteiger partial charge is 0.367 e. The van der Waals surface area contributed by atoms with Crippen LogP contribution in [0.2, 0.25) is 0 Å². The Morgan fingerprint density at radius 3 is 2.74 bits per heavy atom. The van der Waals surface area contributed by atoms with Gasteiger partial charge in [-0.05, 0) is 25.3 Å². The summed E-state index contributed by atoms with van der Waals surface area (Å²) in [6.07, 6.45) is 6.73. The molecule has 1 aliphatic carbocycles. The first-order valence-electron chi connectivity index (χ1n) is 9.61. The van der Waals surface area contributed by atoms with Crippen LogP contribution in [0.5, 0.6) is 0 Å². The number of aromatic nitrogens is 4. The fourth-order valence-corrected chi connectivity index (χ4v) is 4.14. The molecule has 27 heavy (non-hydrogen) atoms. The molecule has 3 aliphatic rings. The average molecular weight is 369 g/mol. The van der Waals surface area contributed by atoms with E-state index in [1.54, 1.807) is 18.5 Å². The van der Waals surface area contributed by atoms with Crippen LogP contribution in [0.1, 0.15) is 52.1 Å². The standard InChI is InChI=1S/C18H23N7O2/c26-17(20-13-2-1-3-13)16-22-21-15-14-11-24(18(27)12-4-5-19-10-12)7-6-23(14)8-9-25(15)16/h4-5,10,13-14,19H,1-3,6-9,11H2,(H,20,26). The molecule has 0 radical (unpaired) electrons. The van der Waals surface area contributed by atoms with Crippen LogP contribution < -0.4 is 5.32 Å². The summed E-state index contributed by atoms with van der Waals surface area (Å²) < 4.78 is 1.93. The van der Waals surface area contributed by atoms with Gasteiger partial charge in [0.25, 0.3) is 11.8 Å². The van der Waals surface area contributed by atoms with Gasteiger partial charge in [-0.1, -0.05) is 0 Å². The average Bonchev–Trinajstić information content (AvgIpc) is 3.33. The van der Waals surface area contributed by atoms with E-state index in [2.05, 4.69) is 25.4 Å². The van der Waals surface area contributed by atoms with Crippen molar-refractivity contribution in [2.45, 2.75) is 37.9 Å². The normalized spacial score (nSPS) is 22.7. The molecule has 1 atom stereocenters. The van der Waals surface area contributed by atoms with Gasteiger partial charge in [0.2, 0.25) is 5.82 Å². The van der Waals surface area contributed by atoms with Gasteiger partial charge in [0.05, 0.1) is 11.6 Å². The second-order valence-electron chi connectivity index (χ2n) is 7.54. The van der Waals surface area contributed by atoms with Gasteiger partial charge >= 0.3 is 0 Å². The quantitative estimate of drug-likeness (QED) is 0.816. The zero-order valence-corrected chi connectivity index (χ0v) is 15.1. The number of carbonyl (C=O) groups is 2. The molecular formula is C18H23N7O2. The van der Waals surface area contributed by atoms with Crippen LogP contribution in [0, 0.1) is 0 Å². The number of nitrogens with one attached hydrogen (secondary N) is 2. The lowest BCUT2D eigenvalue weighted by Gasteiger charge is -2.43. The van der Waals surface area contributed by atoms with E-state index >= 15 is 0 Å². The lowest BCUT2D eigenvalue weighted by molar-refractivity contribution is 0.0372. The summed E-state index contributed by atoms with van der Waals surface area (Å²) in [7, 11) is 0. The first-order valence-corrected chi connectivity index (χ1v) is 9.61. The Morgan fingerprint density at radius 2 is 2.00 bits per heavy atom. The van der Waals surface area contributed by atoms with Crippen LogP contribution in [-0.4, -0.2) is 73.6 Å². The number of aromatic amines is 1. The Bertz CT molecular complexity index is 855. The summed E-state index contributed by atoms with van der Waals surface area (Å²) in [6.45, 7) is 3.61. The van der Waals surface area contributed by atoms with Crippen LogP contribution in [0.25, 0.3) is 0 Å². The molecule has 9 nitrogen and oxygen atoms in total. The fraction of sp³-hybridized carbons (Fsp3) is 0.556. The van der Waals surface area contributed by atoms with Crippen molar-refractivity contribution in [2.24, 2.45) is 0 Å². The third kappa shape index (κ3) is 2.82. The number of piperazine rings is 1. The highest BCUT2D eigenvalue weighted by molar-refractivity contribution is 5.94. The minimum absolute atomic E-state index is 0.0202. The SMILES string of the molecule is O=C(NC1CCC1)c1nnc2n1CCN1CCN(C(=O)c3cc[nH]c3)CC21. The predicted molar refractivity (Wildman–Crippen MR) is 96.1 cm³/mol.